The van der Waals surface area contributed by atoms with Crippen molar-refractivity contribution in [2.75, 3.05) is 0 Å². The third kappa shape index (κ3) is 2.69. The Hall–Kier alpha value is -1.09. The minimum absolute atomic E-state index is 0.261. The van der Waals surface area contributed by atoms with Gasteiger partial charge in [-0.15, -0.1) is 11.6 Å². The van der Waals surface area contributed by atoms with Crippen LogP contribution in [0.1, 0.15) is 44.3 Å². The fraction of sp³-hybridized carbons (Fsp3) is 0.562. The molecule has 1 aliphatic rings. The van der Waals surface area contributed by atoms with Gasteiger partial charge in [-0.3, -0.25) is 0 Å². The monoisotopic (exact) mass is 294 g/mol. The van der Waals surface area contributed by atoms with E-state index in [0.29, 0.717) is 11.4 Å². The summed E-state index contributed by atoms with van der Waals surface area (Å²) in [7, 11) is 0. The molecule has 0 saturated heterocycles. The largest absolute Gasteiger partial charge is 0.327 e. The minimum atomic E-state index is -0.261. The molecule has 1 aromatic heterocycles. The lowest BCUT2D eigenvalue weighted by atomic mass is 10.0. The molecular formula is C16H20ClFN2. The van der Waals surface area contributed by atoms with E-state index in [1.54, 1.807) is 6.07 Å². The van der Waals surface area contributed by atoms with E-state index in [0.717, 1.165) is 30.2 Å². The Balaban J connectivity index is 1.77. The molecule has 2 aromatic rings. The van der Waals surface area contributed by atoms with Gasteiger partial charge in [0.05, 0.1) is 11.4 Å². The lowest BCUT2D eigenvalue weighted by Gasteiger charge is -2.11. The van der Waals surface area contributed by atoms with E-state index in [-0.39, 0.29) is 5.82 Å². The van der Waals surface area contributed by atoms with Crippen molar-refractivity contribution in [3.05, 3.63) is 29.8 Å². The Kier molecular flexibility index (Phi) is 4.25. The molecule has 0 atom stereocenters. The first kappa shape index (κ1) is 13.9. The molecule has 0 amide bonds. The molecule has 1 aromatic carbocycles. The Morgan fingerprint density at radius 3 is 2.85 bits per heavy atom. The number of aryl methyl sites for hydroxylation is 1. The number of halogens is 2. The zero-order valence-electron chi connectivity index (χ0n) is 11.6. The number of hydrogen-bond acceptors (Lipinski definition) is 1. The summed E-state index contributed by atoms with van der Waals surface area (Å²) in [5.41, 5.74) is 1.32. The van der Waals surface area contributed by atoms with Gasteiger partial charge in [0, 0.05) is 6.54 Å². The SMILES string of the molecule is Fc1cccc2c1nc(CCl)n2CCCC1CCCC1. The van der Waals surface area contributed by atoms with Crippen molar-refractivity contribution in [3.8, 4) is 0 Å². The van der Waals surface area contributed by atoms with E-state index in [1.807, 2.05) is 6.07 Å². The maximum Gasteiger partial charge on any atom is 0.151 e. The zero-order chi connectivity index (χ0) is 13.9. The number of rotatable bonds is 5. The molecule has 0 radical (unpaired) electrons. The van der Waals surface area contributed by atoms with E-state index < -0.39 is 0 Å². The maximum atomic E-state index is 13.8. The van der Waals surface area contributed by atoms with Crippen molar-refractivity contribution in [1.82, 2.24) is 9.55 Å². The van der Waals surface area contributed by atoms with Crippen molar-refractivity contribution in [2.24, 2.45) is 5.92 Å². The molecule has 108 valence electrons. The zero-order valence-corrected chi connectivity index (χ0v) is 12.4. The lowest BCUT2D eigenvalue weighted by Crippen LogP contribution is -2.04. The van der Waals surface area contributed by atoms with E-state index in [9.17, 15) is 4.39 Å². The predicted octanol–water partition coefficient (Wildman–Crippen LogP) is 4.88. The molecule has 4 heteroatoms. The third-order valence-electron chi connectivity index (χ3n) is 4.40. The normalized spacial score (nSPS) is 16.3. The van der Waals surface area contributed by atoms with Gasteiger partial charge in [-0.1, -0.05) is 31.7 Å². The molecule has 0 bridgehead atoms. The van der Waals surface area contributed by atoms with Crippen LogP contribution in [0.25, 0.3) is 11.0 Å². The van der Waals surface area contributed by atoms with Gasteiger partial charge in [0.1, 0.15) is 11.3 Å². The second-order valence-electron chi connectivity index (χ2n) is 5.71. The van der Waals surface area contributed by atoms with Gasteiger partial charge in [-0.2, -0.15) is 0 Å². The second kappa shape index (κ2) is 6.13. The van der Waals surface area contributed by atoms with Crippen molar-refractivity contribution in [2.45, 2.75) is 50.9 Å². The average molecular weight is 295 g/mol. The molecular weight excluding hydrogens is 275 g/mol. The number of fused-ring (bicyclic) bond motifs is 1. The first-order valence-corrected chi connectivity index (χ1v) is 8.02. The molecule has 0 aliphatic heterocycles. The summed E-state index contributed by atoms with van der Waals surface area (Å²) in [5.74, 6) is 1.74. The summed E-state index contributed by atoms with van der Waals surface area (Å²) in [6.45, 7) is 0.887. The average Bonchev–Trinajstić information content (AvgIpc) is 3.08. The molecule has 0 unspecified atom stereocenters. The van der Waals surface area contributed by atoms with Gasteiger partial charge in [0.25, 0.3) is 0 Å². The van der Waals surface area contributed by atoms with Gasteiger partial charge in [0.2, 0.25) is 0 Å². The number of nitrogens with zero attached hydrogens (tertiary/aromatic N) is 2. The molecule has 1 heterocycles. The number of hydrogen-bond donors (Lipinski definition) is 0. The van der Waals surface area contributed by atoms with Crippen LogP contribution < -0.4 is 0 Å². The third-order valence-corrected chi connectivity index (χ3v) is 4.64. The summed E-state index contributed by atoms with van der Waals surface area (Å²) < 4.78 is 15.8. The molecule has 20 heavy (non-hydrogen) atoms. The molecule has 1 fully saturated rings. The highest BCUT2D eigenvalue weighted by Gasteiger charge is 2.16. The summed E-state index contributed by atoms with van der Waals surface area (Å²) in [5, 5.41) is 0. The standard InChI is InChI=1S/C16H20ClFN2/c17-11-15-19-16-13(18)8-3-9-14(16)20(15)10-4-7-12-5-1-2-6-12/h3,8-9,12H,1-2,4-7,10-11H2. The van der Waals surface area contributed by atoms with Gasteiger partial charge < -0.3 is 4.57 Å². The number of benzene rings is 1. The predicted molar refractivity (Wildman–Crippen MR) is 80.4 cm³/mol. The topological polar surface area (TPSA) is 17.8 Å². The molecule has 3 rings (SSSR count). The Morgan fingerprint density at radius 2 is 2.10 bits per heavy atom. The van der Waals surface area contributed by atoms with Crippen LogP contribution in [0.5, 0.6) is 0 Å². The Labute approximate surface area is 123 Å². The number of alkyl halides is 1. The molecule has 1 saturated carbocycles. The van der Waals surface area contributed by atoms with Crippen LogP contribution in [0.3, 0.4) is 0 Å². The lowest BCUT2D eigenvalue weighted by molar-refractivity contribution is 0.459. The van der Waals surface area contributed by atoms with Crippen LogP contribution in [-0.2, 0) is 12.4 Å². The van der Waals surface area contributed by atoms with Crippen LogP contribution in [0.4, 0.5) is 4.39 Å². The molecule has 2 nitrogen and oxygen atoms in total. The first-order chi connectivity index (χ1) is 9.79. The fourth-order valence-electron chi connectivity index (χ4n) is 3.35. The maximum absolute atomic E-state index is 13.8. The van der Waals surface area contributed by atoms with Crippen LogP contribution in [0.2, 0.25) is 0 Å². The summed E-state index contributed by atoms with van der Waals surface area (Å²) in [6.07, 6.45) is 7.91. The Bertz CT molecular complexity index is 587. The molecule has 1 aliphatic carbocycles. The molecule has 0 spiro atoms. The van der Waals surface area contributed by atoms with Gasteiger partial charge in [-0.25, -0.2) is 9.37 Å². The van der Waals surface area contributed by atoms with Crippen molar-refractivity contribution in [1.29, 1.82) is 0 Å². The van der Waals surface area contributed by atoms with Crippen molar-refractivity contribution in [3.63, 3.8) is 0 Å². The summed E-state index contributed by atoms with van der Waals surface area (Å²) in [4.78, 5) is 4.34. The summed E-state index contributed by atoms with van der Waals surface area (Å²) in [6, 6.07) is 5.12. The van der Waals surface area contributed by atoms with E-state index >= 15 is 0 Å². The van der Waals surface area contributed by atoms with Gasteiger partial charge in [-0.05, 0) is 30.9 Å². The number of imidazole rings is 1. The minimum Gasteiger partial charge on any atom is -0.327 e. The van der Waals surface area contributed by atoms with Crippen molar-refractivity contribution < 1.29 is 4.39 Å². The highest BCUT2D eigenvalue weighted by molar-refractivity contribution is 6.16. The van der Waals surface area contributed by atoms with Crippen LogP contribution in [-0.4, -0.2) is 9.55 Å². The van der Waals surface area contributed by atoms with Crippen LogP contribution in [0.15, 0.2) is 18.2 Å². The fourth-order valence-corrected chi connectivity index (χ4v) is 3.55. The Morgan fingerprint density at radius 1 is 1.30 bits per heavy atom. The highest BCUT2D eigenvalue weighted by Crippen LogP contribution is 2.29. The quantitative estimate of drug-likeness (QED) is 0.718. The second-order valence-corrected chi connectivity index (χ2v) is 5.98. The number of para-hydroxylation sites is 1. The first-order valence-electron chi connectivity index (χ1n) is 7.49. The van der Waals surface area contributed by atoms with Crippen molar-refractivity contribution >= 4 is 22.6 Å². The van der Waals surface area contributed by atoms with E-state index in [2.05, 4.69) is 9.55 Å². The number of aromatic nitrogens is 2. The summed E-state index contributed by atoms with van der Waals surface area (Å²) >= 11 is 5.96. The molecule has 0 N–H and O–H groups in total. The van der Waals surface area contributed by atoms with Crippen LogP contribution >= 0.6 is 11.6 Å². The van der Waals surface area contributed by atoms with E-state index in [4.69, 9.17) is 11.6 Å². The smallest absolute Gasteiger partial charge is 0.151 e. The van der Waals surface area contributed by atoms with Gasteiger partial charge >= 0.3 is 0 Å². The highest BCUT2D eigenvalue weighted by atomic mass is 35.5. The van der Waals surface area contributed by atoms with Gasteiger partial charge in [0.15, 0.2) is 5.82 Å². The van der Waals surface area contributed by atoms with E-state index in [1.165, 1.54) is 38.2 Å². The van der Waals surface area contributed by atoms with Crippen LogP contribution in [0, 0.1) is 11.7 Å².